The van der Waals surface area contributed by atoms with E-state index >= 15 is 0 Å². The summed E-state index contributed by atoms with van der Waals surface area (Å²) in [5.74, 6) is 1.90. The minimum atomic E-state index is 0.000447. The van der Waals surface area contributed by atoms with Crippen LogP contribution in [-0.2, 0) is 12.3 Å². The van der Waals surface area contributed by atoms with E-state index in [-0.39, 0.29) is 5.91 Å². The van der Waals surface area contributed by atoms with E-state index in [9.17, 15) is 4.79 Å². The first kappa shape index (κ1) is 17.5. The topological polar surface area (TPSA) is 45.2 Å². The maximum atomic E-state index is 12.2. The van der Waals surface area contributed by atoms with Gasteiger partial charge in [0.05, 0.1) is 12.7 Å². The van der Waals surface area contributed by atoms with Gasteiger partial charge in [0.2, 0.25) is 0 Å². The number of carbonyl (C=O) groups is 1. The lowest BCUT2D eigenvalue weighted by atomic mass is 10.2. The number of thioether (sulfide) groups is 1. The van der Waals surface area contributed by atoms with Crippen molar-refractivity contribution in [3.8, 4) is 0 Å². The molecule has 1 N–H and O–H groups in total. The molecule has 0 bridgehead atoms. The molecule has 1 fully saturated rings. The second-order valence-electron chi connectivity index (χ2n) is 5.90. The summed E-state index contributed by atoms with van der Waals surface area (Å²) in [4.78, 5) is 19.7. The fourth-order valence-electron chi connectivity index (χ4n) is 2.71. The quantitative estimate of drug-likeness (QED) is 0.732. The lowest BCUT2D eigenvalue weighted by Gasteiger charge is -2.11. The smallest absolute Gasteiger partial charge is 0.263 e. The molecular weight excluding hydrogens is 338 g/mol. The number of hydrogen-bond donors (Lipinski definition) is 1. The number of nitrogens with zero attached hydrogens (tertiary/aromatic N) is 2. The van der Waals surface area contributed by atoms with Crippen molar-refractivity contribution in [2.45, 2.75) is 25.1 Å². The zero-order valence-corrected chi connectivity index (χ0v) is 15.4. The van der Waals surface area contributed by atoms with E-state index in [2.05, 4.69) is 39.5 Å². The number of hydrogen-bond acceptors (Lipinski definition) is 5. The van der Waals surface area contributed by atoms with Crippen molar-refractivity contribution < 1.29 is 4.79 Å². The Labute approximate surface area is 151 Å². The summed E-state index contributed by atoms with van der Waals surface area (Å²) in [6.45, 7) is 3.88. The van der Waals surface area contributed by atoms with E-state index in [0.29, 0.717) is 6.54 Å². The Morgan fingerprint density at radius 2 is 2.04 bits per heavy atom. The van der Waals surface area contributed by atoms with Crippen LogP contribution in [-0.4, -0.2) is 41.2 Å². The summed E-state index contributed by atoms with van der Waals surface area (Å²) in [7, 11) is 0. The molecule has 6 heteroatoms. The molecule has 24 heavy (non-hydrogen) atoms. The summed E-state index contributed by atoms with van der Waals surface area (Å²) in [6, 6.07) is 10.4. The van der Waals surface area contributed by atoms with Crippen molar-refractivity contribution in [3.05, 3.63) is 52.0 Å². The van der Waals surface area contributed by atoms with Gasteiger partial charge in [-0.2, -0.15) is 11.8 Å². The van der Waals surface area contributed by atoms with Crippen LogP contribution in [0.2, 0.25) is 0 Å². The molecule has 1 aliphatic heterocycles. The normalized spacial score (nSPS) is 14.8. The van der Waals surface area contributed by atoms with Gasteiger partial charge in [0.1, 0.15) is 9.88 Å². The molecule has 128 valence electrons. The van der Waals surface area contributed by atoms with Gasteiger partial charge in [0.15, 0.2) is 0 Å². The summed E-state index contributed by atoms with van der Waals surface area (Å²) < 4.78 is 0. The molecule has 1 saturated heterocycles. The first-order valence-electron chi connectivity index (χ1n) is 8.38. The molecule has 1 aromatic carbocycles. The highest BCUT2D eigenvalue weighted by Crippen LogP contribution is 2.18. The van der Waals surface area contributed by atoms with E-state index in [1.807, 2.05) is 17.8 Å². The third kappa shape index (κ3) is 5.33. The fraction of sp³-hybridized carbons (Fsp3) is 0.444. The van der Waals surface area contributed by atoms with E-state index in [1.54, 1.807) is 6.20 Å². The van der Waals surface area contributed by atoms with Gasteiger partial charge in [0.25, 0.3) is 5.91 Å². The molecule has 1 aliphatic rings. The number of thiazole rings is 1. The predicted molar refractivity (Wildman–Crippen MR) is 102 cm³/mol. The van der Waals surface area contributed by atoms with Gasteiger partial charge < -0.3 is 5.32 Å². The molecule has 1 amide bonds. The minimum Gasteiger partial charge on any atom is -0.350 e. The van der Waals surface area contributed by atoms with E-state index in [1.165, 1.54) is 29.7 Å². The largest absolute Gasteiger partial charge is 0.350 e. The standard InChI is InChI=1S/C18H23N3OS2/c22-18(19-8-11-23-14-15-6-2-1-3-7-15)16-12-20-17(24-16)13-21-9-4-5-10-21/h1-3,6-7,12H,4-5,8-11,13-14H2,(H,19,22). The third-order valence-electron chi connectivity index (χ3n) is 3.98. The van der Waals surface area contributed by atoms with E-state index in [0.717, 1.165) is 41.0 Å². The van der Waals surface area contributed by atoms with Crippen LogP contribution < -0.4 is 5.32 Å². The Morgan fingerprint density at radius 3 is 2.83 bits per heavy atom. The van der Waals surface area contributed by atoms with Gasteiger partial charge in [-0.3, -0.25) is 9.69 Å². The molecule has 2 heterocycles. The zero-order chi connectivity index (χ0) is 16.6. The van der Waals surface area contributed by atoms with Gasteiger partial charge in [0, 0.05) is 18.1 Å². The van der Waals surface area contributed by atoms with Gasteiger partial charge in [-0.25, -0.2) is 4.98 Å². The number of likely N-dealkylation sites (tertiary alicyclic amines) is 1. The Morgan fingerprint density at radius 1 is 1.25 bits per heavy atom. The lowest BCUT2D eigenvalue weighted by molar-refractivity contribution is 0.0960. The molecule has 0 spiro atoms. The summed E-state index contributed by atoms with van der Waals surface area (Å²) in [5.41, 5.74) is 1.32. The van der Waals surface area contributed by atoms with Crippen molar-refractivity contribution in [1.82, 2.24) is 15.2 Å². The van der Waals surface area contributed by atoms with Crippen LogP contribution in [0.5, 0.6) is 0 Å². The maximum Gasteiger partial charge on any atom is 0.263 e. The average molecular weight is 362 g/mol. The molecule has 0 saturated carbocycles. The zero-order valence-electron chi connectivity index (χ0n) is 13.7. The van der Waals surface area contributed by atoms with Crippen LogP contribution in [0.3, 0.4) is 0 Å². The van der Waals surface area contributed by atoms with Gasteiger partial charge in [-0.05, 0) is 31.5 Å². The molecule has 1 aromatic heterocycles. The average Bonchev–Trinajstić information content (AvgIpc) is 3.28. The van der Waals surface area contributed by atoms with Crippen LogP contribution in [0.4, 0.5) is 0 Å². The molecule has 0 atom stereocenters. The number of benzene rings is 1. The van der Waals surface area contributed by atoms with Crippen molar-refractivity contribution in [2.24, 2.45) is 0 Å². The highest BCUT2D eigenvalue weighted by Gasteiger charge is 2.15. The predicted octanol–water partition coefficient (Wildman–Crippen LogP) is 3.40. The van der Waals surface area contributed by atoms with Gasteiger partial charge in [-0.15, -0.1) is 11.3 Å². The highest BCUT2D eigenvalue weighted by molar-refractivity contribution is 7.98. The Bertz CT molecular complexity index is 639. The number of amides is 1. The molecule has 2 aromatic rings. The summed E-state index contributed by atoms with van der Waals surface area (Å²) in [5, 5.41) is 4.03. The van der Waals surface area contributed by atoms with E-state index in [4.69, 9.17) is 0 Å². The lowest BCUT2D eigenvalue weighted by Crippen LogP contribution is -2.24. The molecule has 4 nitrogen and oxygen atoms in total. The van der Waals surface area contributed by atoms with E-state index < -0.39 is 0 Å². The van der Waals surface area contributed by atoms with Gasteiger partial charge in [-0.1, -0.05) is 30.3 Å². The summed E-state index contributed by atoms with van der Waals surface area (Å²) in [6.07, 6.45) is 4.27. The van der Waals surface area contributed by atoms with Crippen LogP contribution in [0.15, 0.2) is 36.5 Å². The number of nitrogens with one attached hydrogen (secondary N) is 1. The van der Waals surface area contributed by atoms with Crippen molar-refractivity contribution in [1.29, 1.82) is 0 Å². The van der Waals surface area contributed by atoms with Gasteiger partial charge >= 0.3 is 0 Å². The second kappa shape index (κ2) is 9.20. The van der Waals surface area contributed by atoms with Crippen LogP contribution in [0.1, 0.15) is 33.1 Å². The number of aromatic nitrogens is 1. The highest BCUT2D eigenvalue weighted by atomic mass is 32.2. The van der Waals surface area contributed by atoms with Crippen molar-refractivity contribution in [3.63, 3.8) is 0 Å². The monoisotopic (exact) mass is 361 g/mol. The van der Waals surface area contributed by atoms with Crippen LogP contribution in [0.25, 0.3) is 0 Å². The molecule has 0 aliphatic carbocycles. The maximum absolute atomic E-state index is 12.2. The molecule has 3 rings (SSSR count). The van der Waals surface area contributed by atoms with Crippen molar-refractivity contribution in [2.75, 3.05) is 25.4 Å². The number of carbonyl (C=O) groups excluding carboxylic acids is 1. The SMILES string of the molecule is O=C(NCCSCc1ccccc1)c1cnc(CN2CCCC2)s1. The molecule has 0 unspecified atom stereocenters. The second-order valence-corrected chi connectivity index (χ2v) is 8.12. The Balaban J connectivity index is 1.35. The minimum absolute atomic E-state index is 0.000447. The van der Waals surface area contributed by atoms with Crippen LogP contribution in [0, 0.1) is 0 Å². The fourth-order valence-corrected chi connectivity index (χ4v) is 4.40. The molecule has 0 radical (unpaired) electrons. The Kier molecular flexibility index (Phi) is 6.69. The Hall–Kier alpha value is -1.37. The number of rotatable bonds is 8. The third-order valence-corrected chi connectivity index (χ3v) is 5.99. The summed E-state index contributed by atoms with van der Waals surface area (Å²) >= 11 is 3.35. The van der Waals surface area contributed by atoms with Crippen molar-refractivity contribution >= 4 is 29.0 Å². The first-order chi connectivity index (χ1) is 11.8. The first-order valence-corrected chi connectivity index (χ1v) is 10.4. The van der Waals surface area contributed by atoms with Crippen LogP contribution >= 0.6 is 23.1 Å². The molecular formula is C18H23N3OS2.